The number of benzene rings is 1. The predicted octanol–water partition coefficient (Wildman–Crippen LogP) is 1.04. The van der Waals surface area contributed by atoms with Crippen LogP contribution in [0.2, 0.25) is 0 Å². The van der Waals surface area contributed by atoms with Crippen LogP contribution < -0.4 is 15.4 Å². The molecule has 27 heavy (non-hydrogen) atoms. The van der Waals surface area contributed by atoms with Crippen LogP contribution in [0.5, 0.6) is 0 Å². The zero-order valence-corrected chi connectivity index (χ0v) is 16.2. The number of aromatic nitrogens is 2. The standard InChI is InChI=1S/C18H25N5O3S/c1-2-15-11-17(22-18(21-15)20-7-3-9-24)23-8-6-13-4-5-16(27(19,25)26)10-14(13)12-23/h4-5,10-11,24H,2-3,6-9,12H2,1H3,(H2,19,25,26)(H,20,21,22). The fourth-order valence-electron chi connectivity index (χ4n) is 3.09. The molecule has 0 spiro atoms. The van der Waals surface area contributed by atoms with Crippen molar-refractivity contribution in [2.45, 2.75) is 37.6 Å². The van der Waals surface area contributed by atoms with Gasteiger partial charge < -0.3 is 15.3 Å². The number of sulfonamides is 1. The number of aliphatic hydroxyl groups is 1. The molecule has 0 saturated heterocycles. The Morgan fingerprint density at radius 1 is 1.26 bits per heavy atom. The molecule has 2 heterocycles. The Hall–Kier alpha value is -2.23. The summed E-state index contributed by atoms with van der Waals surface area (Å²) in [5.41, 5.74) is 3.00. The molecule has 0 bridgehead atoms. The van der Waals surface area contributed by atoms with Crippen molar-refractivity contribution in [3.63, 3.8) is 0 Å². The van der Waals surface area contributed by atoms with E-state index in [2.05, 4.69) is 20.2 Å². The molecule has 0 saturated carbocycles. The van der Waals surface area contributed by atoms with Gasteiger partial charge >= 0.3 is 0 Å². The van der Waals surface area contributed by atoms with Gasteiger partial charge in [0.25, 0.3) is 0 Å². The van der Waals surface area contributed by atoms with Gasteiger partial charge in [0.05, 0.1) is 4.90 Å². The first kappa shape index (κ1) is 19.5. The largest absolute Gasteiger partial charge is 0.396 e. The fraction of sp³-hybridized carbons (Fsp3) is 0.444. The molecular weight excluding hydrogens is 366 g/mol. The number of aliphatic hydroxyl groups excluding tert-OH is 1. The lowest BCUT2D eigenvalue weighted by atomic mass is 10.00. The molecule has 3 rings (SSSR count). The van der Waals surface area contributed by atoms with Crippen LogP contribution in [-0.4, -0.2) is 43.2 Å². The normalized spacial score (nSPS) is 14.1. The molecule has 0 fully saturated rings. The summed E-state index contributed by atoms with van der Waals surface area (Å²) in [6, 6.07) is 7.02. The molecule has 1 aromatic carbocycles. The van der Waals surface area contributed by atoms with Crippen LogP contribution in [0.4, 0.5) is 11.8 Å². The van der Waals surface area contributed by atoms with Crippen LogP contribution in [0, 0.1) is 0 Å². The first-order valence-electron chi connectivity index (χ1n) is 9.03. The molecule has 1 aliphatic heterocycles. The van der Waals surface area contributed by atoms with Crippen LogP contribution in [0.3, 0.4) is 0 Å². The average Bonchev–Trinajstić information content (AvgIpc) is 2.66. The van der Waals surface area contributed by atoms with Gasteiger partial charge in [-0.25, -0.2) is 18.5 Å². The number of hydrogen-bond acceptors (Lipinski definition) is 7. The number of nitrogens with zero attached hydrogens (tertiary/aromatic N) is 3. The van der Waals surface area contributed by atoms with E-state index in [4.69, 9.17) is 10.2 Å². The van der Waals surface area contributed by atoms with Crippen LogP contribution in [-0.2, 0) is 29.4 Å². The lowest BCUT2D eigenvalue weighted by Crippen LogP contribution is -2.31. The van der Waals surface area contributed by atoms with Crippen LogP contribution in [0.15, 0.2) is 29.2 Å². The second-order valence-electron chi connectivity index (χ2n) is 6.55. The molecule has 0 unspecified atom stereocenters. The van der Waals surface area contributed by atoms with Crippen molar-refractivity contribution in [3.05, 3.63) is 41.1 Å². The smallest absolute Gasteiger partial charge is 0.238 e. The van der Waals surface area contributed by atoms with Gasteiger partial charge in [-0.2, -0.15) is 4.98 Å². The van der Waals surface area contributed by atoms with E-state index in [1.165, 1.54) is 0 Å². The summed E-state index contributed by atoms with van der Waals surface area (Å²) in [6.07, 6.45) is 2.21. The highest BCUT2D eigenvalue weighted by Crippen LogP contribution is 2.26. The number of aryl methyl sites for hydroxylation is 1. The minimum absolute atomic E-state index is 0.114. The van der Waals surface area contributed by atoms with Crippen molar-refractivity contribution in [1.29, 1.82) is 0 Å². The Labute approximate surface area is 159 Å². The number of anilines is 2. The molecule has 0 radical (unpaired) electrons. The summed E-state index contributed by atoms with van der Waals surface area (Å²) < 4.78 is 23.3. The first-order valence-corrected chi connectivity index (χ1v) is 10.6. The lowest BCUT2D eigenvalue weighted by Gasteiger charge is -2.30. The Balaban J connectivity index is 1.86. The number of fused-ring (bicyclic) bond motifs is 1. The van der Waals surface area contributed by atoms with Crippen molar-refractivity contribution in [3.8, 4) is 0 Å². The van der Waals surface area contributed by atoms with E-state index in [1.807, 2.05) is 19.1 Å². The zero-order chi connectivity index (χ0) is 19.4. The number of hydrogen-bond donors (Lipinski definition) is 3. The van der Waals surface area contributed by atoms with Crippen molar-refractivity contribution in [2.75, 3.05) is 29.9 Å². The van der Waals surface area contributed by atoms with E-state index >= 15 is 0 Å². The van der Waals surface area contributed by atoms with Gasteiger partial charge in [-0.05, 0) is 42.5 Å². The van der Waals surface area contributed by atoms with E-state index < -0.39 is 10.0 Å². The molecule has 4 N–H and O–H groups in total. The monoisotopic (exact) mass is 391 g/mol. The van der Waals surface area contributed by atoms with Gasteiger partial charge in [-0.15, -0.1) is 0 Å². The summed E-state index contributed by atoms with van der Waals surface area (Å²) in [5.74, 6) is 1.35. The van der Waals surface area contributed by atoms with Gasteiger partial charge in [0, 0.05) is 38.0 Å². The molecule has 2 aromatic rings. The quantitative estimate of drug-likeness (QED) is 0.603. The zero-order valence-electron chi connectivity index (χ0n) is 15.4. The molecule has 1 aliphatic rings. The second-order valence-corrected chi connectivity index (χ2v) is 8.11. The number of rotatable bonds is 7. The van der Waals surface area contributed by atoms with E-state index in [-0.39, 0.29) is 11.5 Å². The Morgan fingerprint density at radius 3 is 2.78 bits per heavy atom. The maximum Gasteiger partial charge on any atom is 0.238 e. The third-order valence-corrected chi connectivity index (χ3v) is 5.50. The third-order valence-electron chi connectivity index (χ3n) is 4.59. The highest BCUT2D eigenvalue weighted by atomic mass is 32.2. The van der Waals surface area contributed by atoms with Crippen molar-refractivity contribution in [2.24, 2.45) is 5.14 Å². The van der Waals surface area contributed by atoms with Crippen LogP contribution in [0.1, 0.15) is 30.2 Å². The summed E-state index contributed by atoms with van der Waals surface area (Å²) in [4.78, 5) is 11.3. The molecule has 9 heteroatoms. The highest BCUT2D eigenvalue weighted by molar-refractivity contribution is 7.89. The lowest BCUT2D eigenvalue weighted by molar-refractivity contribution is 0.292. The molecule has 0 aliphatic carbocycles. The molecule has 8 nitrogen and oxygen atoms in total. The predicted molar refractivity (Wildman–Crippen MR) is 104 cm³/mol. The van der Waals surface area contributed by atoms with Crippen molar-refractivity contribution >= 4 is 21.8 Å². The maximum atomic E-state index is 11.6. The van der Waals surface area contributed by atoms with Crippen molar-refractivity contribution < 1.29 is 13.5 Å². The molecule has 146 valence electrons. The highest BCUT2D eigenvalue weighted by Gasteiger charge is 2.21. The van der Waals surface area contributed by atoms with Gasteiger partial charge in [0.1, 0.15) is 5.82 Å². The Morgan fingerprint density at radius 2 is 2.07 bits per heavy atom. The third kappa shape index (κ3) is 4.74. The van der Waals surface area contributed by atoms with Crippen LogP contribution >= 0.6 is 0 Å². The van der Waals surface area contributed by atoms with E-state index in [1.54, 1.807) is 12.1 Å². The fourth-order valence-corrected chi connectivity index (χ4v) is 3.65. The number of nitrogens with one attached hydrogen (secondary N) is 1. The van der Waals surface area contributed by atoms with E-state index in [0.29, 0.717) is 25.5 Å². The molecular formula is C18H25N5O3S. The van der Waals surface area contributed by atoms with Gasteiger partial charge in [0.15, 0.2) is 0 Å². The summed E-state index contributed by atoms with van der Waals surface area (Å²) in [7, 11) is -3.72. The Bertz CT molecular complexity index is 917. The van der Waals surface area contributed by atoms with E-state index in [0.717, 1.165) is 42.0 Å². The summed E-state index contributed by atoms with van der Waals surface area (Å²) in [5, 5.41) is 17.3. The topological polar surface area (TPSA) is 121 Å². The van der Waals surface area contributed by atoms with Crippen LogP contribution in [0.25, 0.3) is 0 Å². The number of primary sulfonamides is 1. The average molecular weight is 391 g/mol. The summed E-state index contributed by atoms with van der Waals surface area (Å²) in [6.45, 7) is 4.10. The Kier molecular flexibility index (Phi) is 5.93. The van der Waals surface area contributed by atoms with Gasteiger partial charge in [0.2, 0.25) is 16.0 Å². The maximum absolute atomic E-state index is 11.6. The van der Waals surface area contributed by atoms with Gasteiger partial charge in [-0.1, -0.05) is 13.0 Å². The summed E-state index contributed by atoms with van der Waals surface area (Å²) >= 11 is 0. The minimum Gasteiger partial charge on any atom is -0.396 e. The molecule has 0 atom stereocenters. The second kappa shape index (κ2) is 8.20. The minimum atomic E-state index is -3.72. The molecule has 1 aromatic heterocycles. The molecule has 0 amide bonds. The van der Waals surface area contributed by atoms with E-state index in [9.17, 15) is 8.42 Å². The van der Waals surface area contributed by atoms with Gasteiger partial charge in [-0.3, -0.25) is 0 Å². The number of nitrogens with two attached hydrogens (primary N) is 1. The first-order chi connectivity index (χ1) is 12.9. The van der Waals surface area contributed by atoms with Crippen molar-refractivity contribution in [1.82, 2.24) is 9.97 Å². The SMILES string of the molecule is CCc1cc(N2CCc3ccc(S(N)(=O)=O)cc3C2)nc(NCCCO)n1.